The average molecular weight is 641 g/mol. The topological polar surface area (TPSA) is 119 Å². The van der Waals surface area contributed by atoms with Crippen molar-refractivity contribution in [1.82, 2.24) is 4.90 Å². The fourth-order valence-corrected chi connectivity index (χ4v) is 7.74. The first kappa shape index (κ1) is 35.5. The number of ether oxygens (including phenoxy) is 4. The van der Waals surface area contributed by atoms with Gasteiger partial charge in [0.2, 0.25) is 5.79 Å². The fraction of sp³-hybridized carbons (Fsp3) is 0.611. The molecule has 0 spiro atoms. The number of methoxy groups -OCH3 is 1. The fourth-order valence-electron chi connectivity index (χ4n) is 7.74. The number of unbranched alkanes of at least 4 members (excludes halogenated alkanes) is 2. The second-order valence-corrected chi connectivity index (χ2v) is 12.2. The highest BCUT2D eigenvalue weighted by molar-refractivity contribution is 6.02. The number of hydrogen-bond donors (Lipinski definition) is 2. The number of oxime groups is 1. The number of aliphatic hydroxyl groups excluding tert-OH is 2. The molecule has 254 valence electrons. The Labute approximate surface area is 273 Å². The van der Waals surface area contributed by atoms with Crippen molar-refractivity contribution in [2.75, 3.05) is 47.2 Å². The van der Waals surface area contributed by atoms with Gasteiger partial charge in [0.15, 0.2) is 0 Å². The summed E-state index contributed by atoms with van der Waals surface area (Å²) >= 11 is 0. The molecule has 1 saturated carbocycles. The van der Waals surface area contributed by atoms with E-state index in [0.717, 1.165) is 49.0 Å². The summed E-state index contributed by atoms with van der Waals surface area (Å²) in [5, 5.41) is 23.9. The molecule has 1 aliphatic heterocycles. The zero-order chi connectivity index (χ0) is 33.1. The number of carbonyl (C=O) groups excluding carboxylic acids is 1. The Morgan fingerprint density at radius 3 is 2.50 bits per heavy atom. The molecule has 10 heteroatoms. The molecule has 0 aromatic heterocycles. The number of fused-ring (bicyclic) bond motifs is 2. The third-order valence-electron chi connectivity index (χ3n) is 9.46. The molecule has 1 aromatic carbocycles. The van der Waals surface area contributed by atoms with Gasteiger partial charge in [-0.25, -0.2) is 4.79 Å². The Kier molecular flexibility index (Phi) is 13.1. The van der Waals surface area contributed by atoms with E-state index in [1.165, 1.54) is 14.2 Å². The van der Waals surface area contributed by atoms with Crippen molar-refractivity contribution in [3.8, 4) is 11.5 Å². The molecule has 2 aliphatic carbocycles. The van der Waals surface area contributed by atoms with Crippen LogP contribution in [-0.4, -0.2) is 85.9 Å². The molecular weight excluding hydrogens is 588 g/mol. The predicted octanol–water partition coefficient (Wildman–Crippen LogP) is 5.99. The highest BCUT2D eigenvalue weighted by atomic mass is 16.7. The Hall–Kier alpha value is -3.34. The van der Waals surface area contributed by atoms with Gasteiger partial charge < -0.3 is 34.0 Å². The van der Waals surface area contributed by atoms with Crippen LogP contribution >= 0.6 is 0 Å². The highest BCUT2D eigenvalue weighted by Gasteiger charge is 2.65. The maximum atomic E-state index is 13.4. The van der Waals surface area contributed by atoms with E-state index in [2.05, 4.69) is 30.5 Å². The lowest BCUT2D eigenvalue weighted by Gasteiger charge is -2.59. The number of aliphatic hydroxyl groups is 2. The molecule has 1 amide bonds. The van der Waals surface area contributed by atoms with Crippen LogP contribution in [0.25, 0.3) is 0 Å². The van der Waals surface area contributed by atoms with Crippen LogP contribution in [0.15, 0.2) is 60.3 Å². The Balaban J connectivity index is 2.03. The number of allylic oxidation sites excluding steroid dienone is 1. The Morgan fingerprint density at radius 1 is 1.11 bits per heavy atom. The number of nitrogens with zero attached hydrogens (tertiary/aromatic N) is 2. The molecule has 6 atom stereocenters. The lowest BCUT2D eigenvalue weighted by atomic mass is 9.55. The van der Waals surface area contributed by atoms with E-state index in [9.17, 15) is 15.0 Å². The van der Waals surface area contributed by atoms with E-state index >= 15 is 0 Å². The number of benzene rings is 1. The largest absolute Gasteiger partial charge is 0.490 e. The van der Waals surface area contributed by atoms with Crippen LogP contribution in [0, 0.1) is 17.8 Å². The van der Waals surface area contributed by atoms with Crippen LogP contribution < -0.4 is 9.47 Å². The summed E-state index contributed by atoms with van der Waals surface area (Å²) in [4.78, 5) is 20.6. The summed E-state index contributed by atoms with van der Waals surface area (Å²) in [6.07, 6.45) is 11.2. The summed E-state index contributed by atoms with van der Waals surface area (Å²) in [6, 6.07) is 5.30. The maximum absolute atomic E-state index is 13.4. The van der Waals surface area contributed by atoms with Crippen molar-refractivity contribution in [1.29, 1.82) is 0 Å². The van der Waals surface area contributed by atoms with Crippen molar-refractivity contribution in [2.24, 2.45) is 22.9 Å². The van der Waals surface area contributed by atoms with Crippen LogP contribution in [0.4, 0.5) is 4.79 Å². The lowest BCUT2D eigenvalue weighted by molar-refractivity contribution is -0.255. The van der Waals surface area contributed by atoms with Crippen molar-refractivity contribution < 1.29 is 38.8 Å². The second kappa shape index (κ2) is 17.0. The number of rotatable bonds is 18. The first-order chi connectivity index (χ1) is 22.4. The average Bonchev–Trinajstić information content (AvgIpc) is 3.07. The van der Waals surface area contributed by atoms with Gasteiger partial charge in [0.25, 0.3) is 0 Å². The van der Waals surface area contributed by atoms with E-state index in [1.54, 1.807) is 17.1 Å². The zero-order valence-electron chi connectivity index (χ0n) is 27.7. The molecule has 4 rings (SSSR count). The van der Waals surface area contributed by atoms with Gasteiger partial charge >= 0.3 is 6.09 Å². The molecule has 0 radical (unpaired) electrons. The molecular formula is C36H52N2O8. The van der Waals surface area contributed by atoms with Crippen molar-refractivity contribution in [3.05, 3.63) is 60.7 Å². The van der Waals surface area contributed by atoms with Gasteiger partial charge in [-0.2, -0.15) is 0 Å². The summed E-state index contributed by atoms with van der Waals surface area (Å²) in [5.74, 6) is -0.0650. The van der Waals surface area contributed by atoms with Crippen LogP contribution in [0.5, 0.6) is 11.5 Å². The quantitative estimate of drug-likeness (QED) is 0.114. The number of hydrogen-bond acceptors (Lipinski definition) is 9. The normalized spacial score (nSPS) is 27.0. The van der Waals surface area contributed by atoms with Gasteiger partial charge in [-0.3, -0.25) is 4.90 Å². The van der Waals surface area contributed by atoms with E-state index < -0.39 is 17.9 Å². The van der Waals surface area contributed by atoms with Gasteiger partial charge in [0.05, 0.1) is 25.3 Å². The molecule has 10 nitrogen and oxygen atoms in total. The zero-order valence-corrected chi connectivity index (χ0v) is 27.7. The molecule has 1 aromatic rings. The lowest BCUT2D eigenvalue weighted by Crippen LogP contribution is -2.70. The van der Waals surface area contributed by atoms with Crippen molar-refractivity contribution >= 4 is 11.8 Å². The van der Waals surface area contributed by atoms with E-state index in [-0.39, 0.29) is 43.5 Å². The van der Waals surface area contributed by atoms with Crippen LogP contribution in [0.2, 0.25) is 0 Å². The van der Waals surface area contributed by atoms with Gasteiger partial charge in [-0.1, -0.05) is 49.7 Å². The molecule has 1 heterocycles. The standard InChI is InChI=1S/C36H52N2O8/c1-6-17-38(35(41)42-4)32-24-30(37-43-5)28-22-25(13-9-11-18-39)27(14-10-12-19-40)33-29-23-26(44-20-7-2)15-16-31(29)46-36(32,34(28)33)45-21-8-3/h7-8,15-16,22-23,25,27,32-34,39-40H,2-3,6,9-14,17-21,24H2,1,4-5H3/t25-,27+,32-,33+,34+,36+/m0/s1. The predicted molar refractivity (Wildman–Crippen MR) is 177 cm³/mol. The first-order valence-electron chi connectivity index (χ1n) is 16.6. The van der Waals surface area contributed by atoms with Gasteiger partial charge in [0.1, 0.15) is 31.3 Å². The summed E-state index contributed by atoms with van der Waals surface area (Å²) < 4.78 is 25.3. The molecule has 0 bridgehead atoms. The molecule has 0 unspecified atom stereocenters. The minimum atomic E-state index is -1.29. The molecule has 2 N–H and O–H groups in total. The van der Waals surface area contributed by atoms with E-state index in [0.29, 0.717) is 43.9 Å². The molecule has 46 heavy (non-hydrogen) atoms. The molecule has 3 aliphatic rings. The van der Waals surface area contributed by atoms with Crippen molar-refractivity contribution in [2.45, 2.75) is 76.0 Å². The van der Waals surface area contributed by atoms with Crippen LogP contribution in [0.3, 0.4) is 0 Å². The van der Waals surface area contributed by atoms with Gasteiger partial charge in [-0.15, -0.1) is 6.58 Å². The second-order valence-electron chi connectivity index (χ2n) is 12.2. The van der Waals surface area contributed by atoms with Crippen LogP contribution in [-0.2, 0) is 14.3 Å². The van der Waals surface area contributed by atoms with Crippen molar-refractivity contribution in [3.63, 3.8) is 0 Å². The van der Waals surface area contributed by atoms with E-state index in [4.69, 9.17) is 23.8 Å². The highest BCUT2D eigenvalue weighted by Crippen LogP contribution is 2.61. The summed E-state index contributed by atoms with van der Waals surface area (Å²) in [5.41, 5.74) is 2.75. The SMILES string of the molecule is C=CCOc1ccc2c(c1)[C@H]1[C@H](CCCCO)[C@@H](CCCCO)C=C3C(=NOC)C[C@H](N(CCC)C(=O)OC)[C@@](OCC=C)(O2)[C@H]31. The third-order valence-corrected chi connectivity index (χ3v) is 9.46. The van der Waals surface area contributed by atoms with Crippen LogP contribution in [0.1, 0.15) is 69.8 Å². The Morgan fingerprint density at radius 2 is 1.85 bits per heavy atom. The Bertz CT molecular complexity index is 1250. The number of carbonyl (C=O) groups is 1. The number of amides is 1. The molecule has 0 saturated heterocycles. The van der Waals surface area contributed by atoms with E-state index in [1.807, 2.05) is 19.1 Å². The first-order valence-corrected chi connectivity index (χ1v) is 16.6. The minimum absolute atomic E-state index is 0.107. The summed E-state index contributed by atoms with van der Waals surface area (Å²) in [7, 11) is 2.93. The van der Waals surface area contributed by atoms with Gasteiger partial charge in [0, 0.05) is 37.7 Å². The van der Waals surface area contributed by atoms with Gasteiger partial charge in [-0.05, 0) is 67.7 Å². The third kappa shape index (κ3) is 7.29. The maximum Gasteiger partial charge on any atom is 0.409 e. The minimum Gasteiger partial charge on any atom is -0.490 e. The molecule has 1 fully saturated rings. The monoisotopic (exact) mass is 640 g/mol. The smallest absolute Gasteiger partial charge is 0.409 e. The summed E-state index contributed by atoms with van der Waals surface area (Å²) in [6.45, 7) is 11.0.